The highest BCUT2D eigenvalue weighted by molar-refractivity contribution is 5.32. The molecule has 0 aliphatic heterocycles. The van der Waals surface area contributed by atoms with Gasteiger partial charge in [-0.3, -0.25) is 0 Å². The Kier molecular flexibility index (Phi) is 2.99. The molecule has 0 unspecified atom stereocenters. The van der Waals surface area contributed by atoms with Gasteiger partial charge in [-0.25, -0.2) is 4.98 Å². The monoisotopic (exact) mass is 192 g/mol. The number of hydrogen-bond donors (Lipinski definition) is 2. The first kappa shape index (κ1) is 9.46. The summed E-state index contributed by atoms with van der Waals surface area (Å²) in [6.45, 7) is 0.953. The van der Waals surface area contributed by atoms with E-state index in [1.54, 1.807) is 6.20 Å². The average Bonchev–Trinajstić information content (AvgIpc) is 2.17. The highest BCUT2D eigenvalue weighted by atomic mass is 16.3. The molecule has 1 aromatic heterocycles. The SMILES string of the molecule is OC1CC(CCNc2ccccn2)C1. The van der Waals surface area contributed by atoms with Crippen molar-refractivity contribution in [1.82, 2.24) is 4.98 Å². The van der Waals surface area contributed by atoms with Crippen molar-refractivity contribution in [3.8, 4) is 0 Å². The number of hydrogen-bond acceptors (Lipinski definition) is 3. The minimum absolute atomic E-state index is 0.0325. The number of rotatable bonds is 4. The Bertz CT molecular complexity index is 270. The second-order valence-electron chi connectivity index (χ2n) is 3.92. The molecule has 1 fully saturated rings. The molecule has 76 valence electrons. The van der Waals surface area contributed by atoms with E-state index in [1.165, 1.54) is 0 Å². The first-order chi connectivity index (χ1) is 6.84. The molecular weight excluding hydrogens is 176 g/mol. The van der Waals surface area contributed by atoms with E-state index in [-0.39, 0.29) is 6.10 Å². The molecule has 0 bridgehead atoms. The Morgan fingerprint density at radius 2 is 2.29 bits per heavy atom. The molecule has 0 atom stereocenters. The summed E-state index contributed by atoms with van der Waals surface area (Å²) in [6.07, 6.45) is 4.84. The third-order valence-corrected chi connectivity index (χ3v) is 2.73. The number of aromatic nitrogens is 1. The van der Waals surface area contributed by atoms with Crippen LogP contribution in [-0.4, -0.2) is 22.7 Å². The standard InChI is InChI=1S/C11H16N2O/c14-10-7-9(8-10)4-6-13-11-3-1-2-5-12-11/h1-3,5,9-10,14H,4,6-8H2,(H,12,13). The minimum atomic E-state index is -0.0325. The maximum absolute atomic E-state index is 9.10. The lowest BCUT2D eigenvalue weighted by Gasteiger charge is -2.31. The maximum Gasteiger partial charge on any atom is 0.125 e. The predicted molar refractivity (Wildman–Crippen MR) is 56.1 cm³/mol. The fourth-order valence-electron chi connectivity index (χ4n) is 1.81. The van der Waals surface area contributed by atoms with Crippen LogP contribution in [0, 0.1) is 5.92 Å². The van der Waals surface area contributed by atoms with Crippen LogP contribution in [-0.2, 0) is 0 Å². The van der Waals surface area contributed by atoms with Crippen LogP contribution in [0.25, 0.3) is 0 Å². The van der Waals surface area contributed by atoms with Gasteiger partial charge in [-0.05, 0) is 37.3 Å². The van der Waals surface area contributed by atoms with Crippen LogP contribution in [0.5, 0.6) is 0 Å². The lowest BCUT2D eigenvalue weighted by Crippen LogP contribution is -2.29. The molecule has 0 radical (unpaired) electrons. The molecule has 0 aromatic carbocycles. The Morgan fingerprint density at radius 1 is 1.43 bits per heavy atom. The topological polar surface area (TPSA) is 45.1 Å². The van der Waals surface area contributed by atoms with Gasteiger partial charge in [0.2, 0.25) is 0 Å². The third-order valence-electron chi connectivity index (χ3n) is 2.73. The summed E-state index contributed by atoms with van der Waals surface area (Å²) in [5.74, 6) is 1.65. The molecule has 3 heteroatoms. The van der Waals surface area contributed by atoms with Gasteiger partial charge in [0.05, 0.1) is 6.10 Å². The van der Waals surface area contributed by atoms with Crippen LogP contribution in [0.4, 0.5) is 5.82 Å². The second kappa shape index (κ2) is 4.42. The normalized spacial score (nSPS) is 25.5. The van der Waals surface area contributed by atoms with Crippen molar-refractivity contribution < 1.29 is 5.11 Å². The zero-order valence-electron chi connectivity index (χ0n) is 8.19. The molecule has 3 nitrogen and oxygen atoms in total. The molecular formula is C11H16N2O. The number of aliphatic hydroxyl groups excluding tert-OH is 1. The van der Waals surface area contributed by atoms with Gasteiger partial charge in [0.15, 0.2) is 0 Å². The Morgan fingerprint density at radius 3 is 2.93 bits per heavy atom. The van der Waals surface area contributed by atoms with Crippen LogP contribution in [0.1, 0.15) is 19.3 Å². The molecule has 1 aromatic rings. The summed E-state index contributed by atoms with van der Waals surface area (Å²) < 4.78 is 0. The first-order valence-corrected chi connectivity index (χ1v) is 5.17. The van der Waals surface area contributed by atoms with Crippen LogP contribution >= 0.6 is 0 Å². The second-order valence-corrected chi connectivity index (χ2v) is 3.92. The van der Waals surface area contributed by atoms with Crippen LogP contribution < -0.4 is 5.32 Å². The smallest absolute Gasteiger partial charge is 0.125 e. The Hall–Kier alpha value is -1.09. The molecule has 1 aliphatic carbocycles. The van der Waals surface area contributed by atoms with Crippen LogP contribution in [0.3, 0.4) is 0 Å². The molecule has 2 N–H and O–H groups in total. The van der Waals surface area contributed by atoms with E-state index in [1.807, 2.05) is 18.2 Å². The van der Waals surface area contributed by atoms with Crippen molar-refractivity contribution in [2.45, 2.75) is 25.4 Å². The van der Waals surface area contributed by atoms with Crippen LogP contribution in [0.2, 0.25) is 0 Å². The molecule has 0 spiro atoms. The van der Waals surface area contributed by atoms with E-state index in [9.17, 15) is 0 Å². The van der Waals surface area contributed by atoms with E-state index in [0.717, 1.165) is 31.6 Å². The minimum Gasteiger partial charge on any atom is -0.393 e. The average molecular weight is 192 g/mol. The van der Waals surface area contributed by atoms with Gasteiger partial charge in [-0.1, -0.05) is 6.07 Å². The molecule has 14 heavy (non-hydrogen) atoms. The molecule has 0 saturated heterocycles. The fourth-order valence-corrected chi connectivity index (χ4v) is 1.81. The summed E-state index contributed by atoms with van der Waals surface area (Å²) >= 11 is 0. The maximum atomic E-state index is 9.10. The summed E-state index contributed by atoms with van der Waals surface area (Å²) in [5, 5.41) is 12.4. The molecule has 1 heterocycles. The zero-order chi connectivity index (χ0) is 9.80. The number of aliphatic hydroxyl groups is 1. The van der Waals surface area contributed by atoms with Gasteiger partial charge in [0.1, 0.15) is 5.82 Å². The van der Waals surface area contributed by atoms with Gasteiger partial charge in [-0.15, -0.1) is 0 Å². The van der Waals surface area contributed by atoms with Crippen molar-refractivity contribution in [1.29, 1.82) is 0 Å². The number of nitrogens with one attached hydrogen (secondary N) is 1. The van der Waals surface area contributed by atoms with E-state index in [0.29, 0.717) is 5.92 Å². The van der Waals surface area contributed by atoms with Gasteiger partial charge < -0.3 is 10.4 Å². The number of anilines is 1. The lowest BCUT2D eigenvalue weighted by molar-refractivity contribution is 0.0408. The summed E-state index contributed by atoms with van der Waals surface area (Å²) in [4.78, 5) is 4.17. The third kappa shape index (κ3) is 2.45. The number of pyridine rings is 1. The van der Waals surface area contributed by atoms with Crippen LogP contribution in [0.15, 0.2) is 24.4 Å². The predicted octanol–water partition coefficient (Wildman–Crippen LogP) is 1.65. The van der Waals surface area contributed by atoms with Gasteiger partial charge >= 0.3 is 0 Å². The fraction of sp³-hybridized carbons (Fsp3) is 0.545. The van der Waals surface area contributed by atoms with E-state index in [2.05, 4.69) is 10.3 Å². The van der Waals surface area contributed by atoms with E-state index < -0.39 is 0 Å². The lowest BCUT2D eigenvalue weighted by atomic mass is 9.80. The van der Waals surface area contributed by atoms with Crippen molar-refractivity contribution in [2.24, 2.45) is 5.92 Å². The van der Waals surface area contributed by atoms with Gasteiger partial charge in [-0.2, -0.15) is 0 Å². The Balaban J connectivity index is 1.64. The number of nitrogens with zero attached hydrogens (tertiary/aromatic N) is 1. The largest absolute Gasteiger partial charge is 0.393 e. The highest BCUT2D eigenvalue weighted by Gasteiger charge is 2.26. The van der Waals surface area contributed by atoms with E-state index in [4.69, 9.17) is 5.11 Å². The highest BCUT2D eigenvalue weighted by Crippen LogP contribution is 2.29. The molecule has 2 rings (SSSR count). The van der Waals surface area contributed by atoms with E-state index >= 15 is 0 Å². The molecule has 0 amide bonds. The zero-order valence-corrected chi connectivity index (χ0v) is 8.19. The van der Waals surface area contributed by atoms with Gasteiger partial charge in [0, 0.05) is 12.7 Å². The van der Waals surface area contributed by atoms with Crippen molar-refractivity contribution in [2.75, 3.05) is 11.9 Å². The van der Waals surface area contributed by atoms with Crippen molar-refractivity contribution in [3.05, 3.63) is 24.4 Å². The van der Waals surface area contributed by atoms with Crippen molar-refractivity contribution >= 4 is 5.82 Å². The summed E-state index contributed by atoms with van der Waals surface area (Å²) in [7, 11) is 0. The van der Waals surface area contributed by atoms with Crippen molar-refractivity contribution in [3.63, 3.8) is 0 Å². The summed E-state index contributed by atoms with van der Waals surface area (Å²) in [6, 6.07) is 5.85. The quantitative estimate of drug-likeness (QED) is 0.762. The first-order valence-electron chi connectivity index (χ1n) is 5.17. The molecule has 1 aliphatic rings. The Labute approximate surface area is 84.2 Å². The molecule has 1 saturated carbocycles. The van der Waals surface area contributed by atoms with Gasteiger partial charge in [0.25, 0.3) is 0 Å². The summed E-state index contributed by atoms with van der Waals surface area (Å²) in [5.41, 5.74) is 0.